The number of methoxy groups -OCH3 is 1. The molecule has 166 valence electrons. The Morgan fingerprint density at radius 1 is 1.10 bits per heavy atom. The Bertz CT molecular complexity index is 1010. The number of nitrogens with one attached hydrogen (secondary N) is 1. The van der Waals surface area contributed by atoms with Crippen LogP contribution >= 0.6 is 11.6 Å². The van der Waals surface area contributed by atoms with Crippen molar-refractivity contribution >= 4 is 23.2 Å². The van der Waals surface area contributed by atoms with E-state index in [4.69, 9.17) is 21.1 Å². The highest BCUT2D eigenvalue weighted by Gasteiger charge is 2.45. The topological polar surface area (TPSA) is 67.8 Å². The Labute approximate surface area is 184 Å². The Kier molecular flexibility index (Phi) is 5.94. The van der Waals surface area contributed by atoms with Crippen molar-refractivity contribution in [3.63, 3.8) is 0 Å². The van der Waals surface area contributed by atoms with Crippen LogP contribution in [0.15, 0.2) is 30.3 Å². The smallest absolute Gasteiger partial charge is 0.224 e. The molecule has 1 heterocycles. The fourth-order valence-electron chi connectivity index (χ4n) is 4.48. The van der Waals surface area contributed by atoms with Crippen molar-refractivity contribution in [1.82, 2.24) is 0 Å². The molecule has 1 aliphatic heterocycles. The van der Waals surface area contributed by atoms with Crippen molar-refractivity contribution in [2.75, 3.05) is 19.0 Å². The van der Waals surface area contributed by atoms with Crippen LogP contribution in [0.4, 0.5) is 14.5 Å². The molecule has 1 fully saturated rings. The van der Waals surface area contributed by atoms with Gasteiger partial charge in [0.15, 0.2) is 0 Å². The number of hydrogen-bond donors (Lipinski definition) is 2. The Hall–Kier alpha value is -2.22. The number of carbonyl (C=O) groups excluding carboxylic acids is 1. The van der Waals surface area contributed by atoms with E-state index in [1.165, 1.54) is 25.3 Å². The fourth-order valence-corrected chi connectivity index (χ4v) is 4.64. The van der Waals surface area contributed by atoms with Gasteiger partial charge in [-0.15, -0.1) is 0 Å². The SMILES string of the molecule is COC1(c2ccc(Cl)cc2F)CCC(O)(COc2ccc(F)c3c2CCC(=O)N3)CC1. The van der Waals surface area contributed by atoms with E-state index in [0.717, 1.165) is 0 Å². The fraction of sp³-hybridized carbons (Fsp3) is 0.435. The summed E-state index contributed by atoms with van der Waals surface area (Å²) in [5, 5.41) is 13.9. The van der Waals surface area contributed by atoms with E-state index in [-0.39, 0.29) is 24.6 Å². The standard InChI is InChI=1S/C23H24ClF2NO4/c1-30-23(16-4-2-14(24)12-18(16)26)10-8-22(29,9-11-23)13-31-19-6-5-17(25)21-15(19)3-7-20(28)27-21/h2,4-6,12,29H,3,7-11,13H2,1H3,(H,27,28). The summed E-state index contributed by atoms with van der Waals surface area (Å²) in [4.78, 5) is 11.6. The number of anilines is 1. The molecule has 0 aromatic heterocycles. The lowest BCUT2D eigenvalue weighted by Crippen LogP contribution is -2.46. The Balaban J connectivity index is 1.47. The van der Waals surface area contributed by atoms with Crippen molar-refractivity contribution in [2.24, 2.45) is 0 Å². The van der Waals surface area contributed by atoms with Gasteiger partial charge in [-0.2, -0.15) is 0 Å². The van der Waals surface area contributed by atoms with Gasteiger partial charge in [-0.05, 0) is 56.4 Å². The van der Waals surface area contributed by atoms with Gasteiger partial charge in [-0.3, -0.25) is 4.79 Å². The van der Waals surface area contributed by atoms with Crippen LogP contribution in [-0.4, -0.2) is 30.3 Å². The van der Waals surface area contributed by atoms with Crippen LogP contribution in [0.25, 0.3) is 0 Å². The number of halogens is 3. The minimum atomic E-state index is -1.13. The van der Waals surface area contributed by atoms with Gasteiger partial charge < -0.3 is 19.9 Å². The zero-order valence-corrected chi connectivity index (χ0v) is 17.9. The third-order valence-corrected chi connectivity index (χ3v) is 6.62. The van der Waals surface area contributed by atoms with Crippen LogP contribution in [0.5, 0.6) is 5.75 Å². The molecule has 0 radical (unpaired) electrons. The maximum Gasteiger partial charge on any atom is 0.224 e. The van der Waals surface area contributed by atoms with Crippen molar-refractivity contribution in [1.29, 1.82) is 0 Å². The van der Waals surface area contributed by atoms with Gasteiger partial charge >= 0.3 is 0 Å². The van der Waals surface area contributed by atoms with E-state index in [9.17, 15) is 18.7 Å². The lowest BCUT2D eigenvalue weighted by molar-refractivity contribution is -0.118. The molecule has 2 N–H and O–H groups in total. The molecule has 0 saturated heterocycles. The summed E-state index contributed by atoms with van der Waals surface area (Å²) in [6.45, 7) is 0.00190. The molecular formula is C23H24ClF2NO4. The van der Waals surface area contributed by atoms with Crippen molar-refractivity contribution < 1.29 is 28.2 Å². The summed E-state index contributed by atoms with van der Waals surface area (Å²) in [5.41, 5.74) is -0.829. The lowest BCUT2D eigenvalue weighted by Gasteiger charge is -2.43. The molecule has 0 unspecified atom stereocenters. The maximum absolute atomic E-state index is 14.5. The first kappa shape index (κ1) is 22.0. The second-order valence-electron chi connectivity index (χ2n) is 8.28. The molecule has 1 saturated carbocycles. The predicted molar refractivity (Wildman–Crippen MR) is 112 cm³/mol. The highest BCUT2D eigenvalue weighted by molar-refractivity contribution is 6.30. The molecule has 8 heteroatoms. The number of rotatable bonds is 5. The largest absolute Gasteiger partial charge is 0.490 e. The first-order chi connectivity index (χ1) is 14.8. The van der Waals surface area contributed by atoms with Crippen LogP contribution < -0.4 is 10.1 Å². The number of ether oxygens (including phenoxy) is 2. The van der Waals surface area contributed by atoms with Crippen LogP contribution in [0, 0.1) is 11.6 Å². The third-order valence-electron chi connectivity index (χ3n) is 6.38. The minimum absolute atomic E-state index is 0.00190. The normalized spacial score (nSPS) is 25.6. The van der Waals surface area contributed by atoms with E-state index in [0.29, 0.717) is 54.0 Å². The molecule has 2 aliphatic rings. The molecule has 0 bridgehead atoms. The summed E-state index contributed by atoms with van der Waals surface area (Å²) in [7, 11) is 1.54. The number of aliphatic hydroxyl groups is 1. The van der Waals surface area contributed by atoms with Gasteiger partial charge in [-0.25, -0.2) is 8.78 Å². The summed E-state index contributed by atoms with van der Waals surface area (Å²) in [6.07, 6.45) is 2.10. The van der Waals surface area contributed by atoms with Crippen molar-refractivity contribution in [3.05, 3.63) is 58.1 Å². The van der Waals surface area contributed by atoms with E-state index in [2.05, 4.69) is 5.32 Å². The second-order valence-corrected chi connectivity index (χ2v) is 8.72. The van der Waals surface area contributed by atoms with Gasteiger partial charge in [0.2, 0.25) is 5.91 Å². The van der Waals surface area contributed by atoms with Crippen LogP contribution in [0.3, 0.4) is 0 Å². The van der Waals surface area contributed by atoms with Gasteiger partial charge in [-0.1, -0.05) is 17.7 Å². The minimum Gasteiger partial charge on any atom is -0.490 e. The van der Waals surface area contributed by atoms with Crippen molar-refractivity contribution in [2.45, 2.75) is 49.7 Å². The third kappa shape index (κ3) is 4.27. The predicted octanol–water partition coefficient (Wildman–Crippen LogP) is 4.73. The Morgan fingerprint density at radius 3 is 2.52 bits per heavy atom. The average Bonchev–Trinajstić information content (AvgIpc) is 2.75. The lowest BCUT2D eigenvalue weighted by atomic mass is 9.73. The molecular weight excluding hydrogens is 428 g/mol. The summed E-state index contributed by atoms with van der Waals surface area (Å²) < 4.78 is 40.2. The molecule has 31 heavy (non-hydrogen) atoms. The summed E-state index contributed by atoms with van der Waals surface area (Å²) in [6, 6.07) is 7.27. The second kappa shape index (κ2) is 8.37. The first-order valence-corrected chi connectivity index (χ1v) is 10.6. The molecule has 5 nitrogen and oxygen atoms in total. The van der Waals surface area contributed by atoms with Crippen molar-refractivity contribution in [3.8, 4) is 5.75 Å². The average molecular weight is 452 g/mol. The van der Waals surface area contributed by atoms with E-state index in [1.807, 2.05) is 0 Å². The number of carbonyl (C=O) groups is 1. The molecule has 4 rings (SSSR count). The molecule has 2 aromatic carbocycles. The number of benzene rings is 2. The summed E-state index contributed by atoms with van der Waals surface area (Å²) >= 11 is 5.87. The van der Waals surface area contributed by atoms with E-state index < -0.39 is 22.8 Å². The monoisotopic (exact) mass is 451 g/mol. The molecule has 2 aromatic rings. The highest BCUT2D eigenvalue weighted by Crippen LogP contribution is 2.45. The number of hydrogen-bond acceptors (Lipinski definition) is 4. The van der Waals surface area contributed by atoms with Gasteiger partial charge in [0.05, 0.1) is 16.9 Å². The van der Waals surface area contributed by atoms with Crippen LogP contribution in [0.1, 0.15) is 43.2 Å². The Morgan fingerprint density at radius 2 is 1.84 bits per heavy atom. The van der Waals surface area contributed by atoms with E-state index in [1.54, 1.807) is 12.1 Å². The maximum atomic E-state index is 14.5. The van der Waals surface area contributed by atoms with Gasteiger partial charge in [0, 0.05) is 29.7 Å². The van der Waals surface area contributed by atoms with Crippen LogP contribution in [0.2, 0.25) is 5.02 Å². The first-order valence-electron chi connectivity index (χ1n) is 10.2. The number of fused-ring (bicyclic) bond motifs is 1. The molecule has 0 atom stereocenters. The zero-order valence-electron chi connectivity index (χ0n) is 17.1. The number of amides is 1. The molecule has 1 aliphatic carbocycles. The van der Waals surface area contributed by atoms with Crippen LogP contribution in [-0.2, 0) is 21.6 Å². The zero-order chi connectivity index (χ0) is 22.2. The van der Waals surface area contributed by atoms with Gasteiger partial charge in [0.1, 0.15) is 24.0 Å². The molecule has 0 spiro atoms. The highest BCUT2D eigenvalue weighted by atomic mass is 35.5. The summed E-state index contributed by atoms with van der Waals surface area (Å²) in [5.74, 6) is -0.741. The van der Waals surface area contributed by atoms with E-state index >= 15 is 0 Å². The van der Waals surface area contributed by atoms with Gasteiger partial charge in [0.25, 0.3) is 0 Å². The quantitative estimate of drug-likeness (QED) is 0.689. The molecule has 1 amide bonds.